The van der Waals surface area contributed by atoms with Crippen LogP contribution in [0.4, 0.5) is 5.82 Å². The Kier molecular flexibility index (Phi) is 6.82. The van der Waals surface area contributed by atoms with Crippen LogP contribution in [0.2, 0.25) is 15.1 Å². The number of hydrogen-bond donors (Lipinski definition) is 1. The fourth-order valence-electron chi connectivity index (χ4n) is 2.51. The van der Waals surface area contributed by atoms with Gasteiger partial charge in [0, 0.05) is 17.8 Å². The largest absolute Gasteiger partial charge is 0.309 e. The summed E-state index contributed by atoms with van der Waals surface area (Å²) in [5.74, 6) is -0.0749. The molecule has 0 aliphatic carbocycles. The molecule has 146 valence electrons. The van der Waals surface area contributed by atoms with Crippen LogP contribution in [0.15, 0.2) is 40.4 Å². The van der Waals surface area contributed by atoms with Crippen LogP contribution in [0.1, 0.15) is 13.3 Å². The molecule has 0 aliphatic rings. The van der Waals surface area contributed by atoms with E-state index in [0.29, 0.717) is 32.6 Å². The average Bonchev–Trinajstić information content (AvgIpc) is 2.65. The minimum Gasteiger partial charge on any atom is -0.309 e. The summed E-state index contributed by atoms with van der Waals surface area (Å²) < 4.78 is 1.57. The van der Waals surface area contributed by atoms with Gasteiger partial charge in [0.1, 0.15) is 0 Å². The molecule has 3 aromatic rings. The summed E-state index contributed by atoms with van der Waals surface area (Å²) in [6.07, 6.45) is 2.15. The fourth-order valence-corrected chi connectivity index (χ4v) is 3.93. The van der Waals surface area contributed by atoms with Gasteiger partial charge in [-0.2, -0.15) is 0 Å². The maximum absolute atomic E-state index is 12.8. The number of rotatable bonds is 6. The number of nitrogens with one attached hydrogen (secondary N) is 1. The standard InChI is InChI=1S/C18H15Cl3N4O2S/c1-2-5-25-17(27)12-4-3-10(19)7-14(12)23-18(25)28-9-15(26)24-16-13(21)6-11(20)8-22-16/h3-4,6-8H,2,5,9H2,1H3,(H,22,24,26). The van der Waals surface area contributed by atoms with Crippen LogP contribution in [0.3, 0.4) is 0 Å². The molecule has 0 fully saturated rings. The lowest BCUT2D eigenvalue weighted by Crippen LogP contribution is -2.24. The maximum atomic E-state index is 12.8. The Morgan fingerprint density at radius 1 is 1.21 bits per heavy atom. The Labute approximate surface area is 180 Å². The molecular formula is C18H15Cl3N4O2S. The van der Waals surface area contributed by atoms with Crippen LogP contribution in [-0.2, 0) is 11.3 Å². The van der Waals surface area contributed by atoms with Crippen molar-refractivity contribution < 1.29 is 4.79 Å². The van der Waals surface area contributed by atoms with Gasteiger partial charge in [-0.3, -0.25) is 14.2 Å². The molecule has 0 saturated carbocycles. The zero-order chi connectivity index (χ0) is 20.3. The summed E-state index contributed by atoms with van der Waals surface area (Å²) in [4.78, 5) is 33.6. The monoisotopic (exact) mass is 456 g/mol. The van der Waals surface area contributed by atoms with E-state index in [0.717, 1.165) is 18.2 Å². The number of fused-ring (bicyclic) bond motifs is 1. The molecule has 0 bridgehead atoms. The SMILES string of the molecule is CCCn1c(SCC(=O)Nc2ncc(Cl)cc2Cl)nc2cc(Cl)ccc2c1=O. The molecule has 3 rings (SSSR count). The Morgan fingerprint density at radius 3 is 2.71 bits per heavy atom. The molecule has 1 aromatic carbocycles. The number of hydrogen-bond acceptors (Lipinski definition) is 5. The van der Waals surface area contributed by atoms with Gasteiger partial charge < -0.3 is 5.32 Å². The molecule has 1 N–H and O–H groups in total. The summed E-state index contributed by atoms with van der Waals surface area (Å²) in [7, 11) is 0. The summed E-state index contributed by atoms with van der Waals surface area (Å²) in [6.45, 7) is 2.47. The summed E-state index contributed by atoms with van der Waals surface area (Å²) in [5, 5.41) is 4.67. The first-order valence-electron chi connectivity index (χ1n) is 8.33. The number of nitrogens with zero attached hydrogens (tertiary/aromatic N) is 3. The second-order valence-electron chi connectivity index (χ2n) is 5.83. The van der Waals surface area contributed by atoms with Gasteiger partial charge in [-0.15, -0.1) is 0 Å². The number of aromatic nitrogens is 3. The highest BCUT2D eigenvalue weighted by molar-refractivity contribution is 7.99. The highest BCUT2D eigenvalue weighted by Gasteiger charge is 2.14. The lowest BCUT2D eigenvalue weighted by atomic mass is 10.2. The van der Waals surface area contributed by atoms with Gasteiger partial charge in [0.2, 0.25) is 5.91 Å². The van der Waals surface area contributed by atoms with Crippen molar-refractivity contribution in [2.24, 2.45) is 0 Å². The van der Waals surface area contributed by atoms with Crippen LogP contribution in [0.25, 0.3) is 10.9 Å². The summed E-state index contributed by atoms with van der Waals surface area (Å²) >= 11 is 19.0. The number of anilines is 1. The van der Waals surface area contributed by atoms with Crippen molar-refractivity contribution in [1.29, 1.82) is 0 Å². The first-order chi connectivity index (χ1) is 13.4. The lowest BCUT2D eigenvalue weighted by molar-refractivity contribution is -0.113. The fraction of sp³-hybridized carbons (Fsp3) is 0.222. The van der Waals surface area contributed by atoms with Crippen molar-refractivity contribution in [3.63, 3.8) is 0 Å². The molecule has 0 spiro atoms. The molecule has 6 nitrogen and oxygen atoms in total. The van der Waals surface area contributed by atoms with Gasteiger partial charge in [0.05, 0.1) is 26.7 Å². The Morgan fingerprint density at radius 2 is 2.00 bits per heavy atom. The second-order valence-corrected chi connectivity index (χ2v) is 8.06. The number of carbonyl (C=O) groups excluding carboxylic acids is 1. The first kappa shape index (κ1) is 20.9. The van der Waals surface area contributed by atoms with Crippen molar-refractivity contribution in [2.75, 3.05) is 11.1 Å². The quantitative estimate of drug-likeness (QED) is 0.421. The number of amides is 1. The highest BCUT2D eigenvalue weighted by atomic mass is 35.5. The van der Waals surface area contributed by atoms with Gasteiger partial charge in [-0.1, -0.05) is 53.5 Å². The normalized spacial score (nSPS) is 11.0. The number of benzene rings is 1. The second kappa shape index (κ2) is 9.13. The van der Waals surface area contributed by atoms with E-state index in [-0.39, 0.29) is 28.1 Å². The molecular weight excluding hydrogens is 443 g/mol. The Balaban J connectivity index is 1.83. The summed E-state index contributed by atoms with van der Waals surface area (Å²) in [5.41, 5.74) is 0.337. The van der Waals surface area contributed by atoms with E-state index in [4.69, 9.17) is 34.8 Å². The molecule has 0 atom stereocenters. The third-order valence-electron chi connectivity index (χ3n) is 3.73. The van der Waals surface area contributed by atoms with Crippen molar-refractivity contribution >= 4 is 69.2 Å². The maximum Gasteiger partial charge on any atom is 0.262 e. The predicted octanol–water partition coefficient (Wildman–Crippen LogP) is 4.89. The Bertz CT molecular complexity index is 1100. The van der Waals surface area contributed by atoms with E-state index in [9.17, 15) is 9.59 Å². The van der Waals surface area contributed by atoms with Gasteiger partial charge in [-0.25, -0.2) is 9.97 Å². The minimum atomic E-state index is -0.329. The van der Waals surface area contributed by atoms with Crippen LogP contribution >= 0.6 is 46.6 Å². The van der Waals surface area contributed by atoms with Gasteiger partial charge >= 0.3 is 0 Å². The number of carbonyl (C=O) groups is 1. The predicted molar refractivity (Wildman–Crippen MR) is 115 cm³/mol. The molecule has 0 radical (unpaired) electrons. The molecule has 2 heterocycles. The van der Waals surface area contributed by atoms with Crippen LogP contribution in [-0.4, -0.2) is 26.2 Å². The zero-order valence-electron chi connectivity index (χ0n) is 14.7. The van der Waals surface area contributed by atoms with E-state index < -0.39 is 0 Å². The van der Waals surface area contributed by atoms with Crippen LogP contribution in [0, 0.1) is 0 Å². The number of thioether (sulfide) groups is 1. The van der Waals surface area contributed by atoms with E-state index in [1.54, 1.807) is 22.8 Å². The van der Waals surface area contributed by atoms with E-state index in [2.05, 4.69) is 15.3 Å². The van der Waals surface area contributed by atoms with E-state index in [1.165, 1.54) is 12.3 Å². The minimum absolute atomic E-state index is 0.0306. The zero-order valence-corrected chi connectivity index (χ0v) is 17.8. The van der Waals surface area contributed by atoms with Crippen LogP contribution in [0.5, 0.6) is 0 Å². The lowest BCUT2D eigenvalue weighted by Gasteiger charge is -2.12. The van der Waals surface area contributed by atoms with Gasteiger partial charge in [0.25, 0.3) is 5.56 Å². The topological polar surface area (TPSA) is 76.9 Å². The van der Waals surface area contributed by atoms with E-state index >= 15 is 0 Å². The molecule has 0 unspecified atom stereocenters. The molecule has 1 amide bonds. The third-order valence-corrected chi connectivity index (χ3v) is 5.43. The molecule has 0 aliphatic heterocycles. The van der Waals surface area contributed by atoms with Crippen LogP contribution < -0.4 is 10.9 Å². The van der Waals surface area contributed by atoms with E-state index in [1.807, 2.05) is 6.92 Å². The number of halogens is 3. The van der Waals surface area contributed by atoms with Gasteiger partial charge in [0.15, 0.2) is 11.0 Å². The molecule has 2 aromatic heterocycles. The summed E-state index contributed by atoms with van der Waals surface area (Å²) in [6, 6.07) is 6.45. The van der Waals surface area contributed by atoms with Crippen molar-refractivity contribution in [3.8, 4) is 0 Å². The van der Waals surface area contributed by atoms with Crippen molar-refractivity contribution in [1.82, 2.24) is 14.5 Å². The number of pyridine rings is 1. The molecule has 28 heavy (non-hydrogen) atoms. The molecule has 10 heteroatoms. The van der Waals surface area contributed by atoms with Gasteiger partial charge in [-0.05, 0) is 30.7 Å². The highest BCUT2D eigenvalue weighted by Crippen LogP contribution is 2.24. The first-order valence-corrected chi connectivity index (χ1v) is 10.4. The smallest absolute Gasteiger partial charge is 0.262 e. The Hall–Kier alpha value is -1.80. The molecule has 0 saturated heterocycles. The average molecular weight is 458 g/mol. The van der Waals surface area contributed by atoms with Crippen molar-refractivity contribution in [2.45, 2.75) is 25.0 Å². The third kappa shape index (κ3) is 4.78. The van der Waals surface area contributed by atoms with Crippen molar-refractivity contribution in [3.05, 3.63) is 55.9 Å².